The lowest BCUT2D eigenvalue weighted by Crippen LogP contribution is -2.51. The molecule has 0 radical (unpaired) electrons. The molecule has 2 saturated heterocycles. The molecule has 0 aliphatic carbocycles. The summed E-state index contributed by atoms with van der Waals surface area (Å²) in [4.78, 5) is 40.7. The Kier molecular flexibility index (Phi) is 13.8. The van der Waals surface area contributed by atoms with E-state index in [9.17, 15) is 24.8 Å². The van der Waals surface area contributed by atoms with Crippen molar-refractivity contribution in [3.63, 3.8) is 0 Å². The van der Waals surface area contributed by atoms with Crippen LogP contribution in [0, 0.1) is 16.0 Å². The summed E-state index contributed by atoms with van der Waals surface area (Å²) in [6.45, 7) is 6.33. The van der Waals surface area contributed by atoms with Crippen molar-refractivity contribution in [2.45, 2.75) is 51.0 Å². The topological polar surface area (TPSA) is 156 Å². The molecule has 0 aromatic heterocycles. The van der Waals surface area contributed by atoms with Crippen molar-refractivity contribution in [2.75, 3.05) is 44.7 Å². The minimum absolute atomic E-state index is 0.0295. The normalized spacial score (nSPS) is 19.9. The number of nitro groups is 1. The number of esters is 1. The van der Waals surface area contributed by atoms with Crippen LogP contribution < -0.4 is 15.5 Å². The number of ether oxygens (including phenoxy) is 3. The van der Waals surface area contributed by atoms with E-state index in [1.54, 1.807) is 12.1 Å². The van der Waals surface area contributed by atoms with Crippen LogP contribution in [0.4, 0.5) is 16.2 Å². The number of benzene rings is 5. The Bertz CT molecular complexity index is 2200. The quantitative estimate of drug-likeness (QED) is 0.0610. The maximum Gasteiger partial charge on any atom is 0.328 e. The molecule has 2 aliphatic rings. The Morgan fingerprint density at radius 2 is 1.50 bits per heavy atom. The highest BCUT2D eigenvalue weighted by Crippen LogP contribution is 2.42. The molecular weight excluding hydrogens is 763 g/mol. The van der Waals surface area contributed by atoms with E-state index in [4.69, 9.17) is 14.2 Å². The second-order valence-corrected chi connectivity index (χ2v) is 15.3. The van der Waals surface area contributed by atoms with E-state index in [0.717, 1.165) is 70.8 Å². The third-order valence-electron chi connectivity index (χ3n) is 11.3. The van der Waals surface area contributed by atoms with Gasteiger partial charge in [-0.05, 0) is 51.6 Å². The molecule has 5 unspecified atom stereocenters. The van der Waals surface area contributed by atoms with Gasteiger partial charge in [-0.2, -0.15) is 0 Å². The van der Waals surface area contributed by atoms with Gasteiger partial charge in [-0.3, -0.25) is 15.0 Å². The number of aliphatic hydroxyl groups excluding tert-OH is 1. The average molecular weight is 814 g/mol. The minimum Gasteiger partial charge on any atom is -0.467 e. The predicted octanol–water partition coefficient (Wildman–Crippen LogP) is 6.95. The Hall–Kier alpha value is -6.12. The Balaban J connectivity index is 1.00. The Morgan fingerprint density at radius 1 is 0.817 bits per heavy atom. The number of carbonyl (C=O) groups is 2. The van der Waals surface area contributed by atoms with Gasteiger partial charge in [0.15, 0.2) is 6.29 Å². The highest BCUT2D eigenvalue weighted by molar-refractivity contribution is 5.83. The fraction of sp³-hybridized carbons (Fsp3) is 0.319. The van der Waals surface area contributed by atoms with Gasteiger partial charge in [-0.25, -0.2) is 9.59 Å². The molecule has 7 rings (SSSR count). The van der Waals surface area contributed by atoms with Gasteiger partial charge in [0.25, 0.3) is 5.69 Å². The van der Waals surface area contributed by atoms with Crippen molar-refractivity contribution in [1.29, 1.82) is 0 Å². The van der Waals surface area contributed by atoms with Crippen molar-refractivity contribution in [2.24, 2.45) is 5.92 Å². The molecule has 0 spiro atoms. The van der Waals surface area contributed by atoms with Crippen LogP contribution in [0.2, 0.25) is 0 Å². The first-order valence-electron chi connectivity index (χ1n) is 20.2. The number of nitrogens with one attached hydrogen (secondary N) is 2. The third-order valence-corrected chi connectivity index (χ3v) is 11.3. The lowest BCUT2D eigenvalue weighted by atomic mass is 9.89. The van der Waals surface area contributed by atoms with Gasteiger partial charge < -0.3 is 34.9 Å². The van der Waals surface area contributed by atoms with Crippen LogP contribution in [0.25, 0.3) is 11.1 Å². The molecule has 2 aliphatic heterocycles. The predicted molar refractivity (Wildman–Crippen MR) is 228 cm³/mol. The maximum absolute atomic E-state index is 12.9. The summed E-state index contributed by atoms with van der Waals surface area (Å²) in [7, 11) is 1.30. The van der Waals surface area contributed by atoms with Crippen molar-refractivity contribution >= 4 is 23.4 Å². The summed E-state index contributed by atoms with van der Waals surface area (Å²) in [6, 6.07) is 38.9. The summed E-state index contributed by atoms with van der Waals surface area (Å²) in [6.07, 6.45) is -0.689. The van der Waals surface area contributed by atoms with E-state index in [2.05, 4.69) is 27.4 Å². The number of hydrogen-bond donors (Lipinski definition) is 3. The first-order chi connectivity index (χ1) is 29.2. The summed E-state index contributed by atoms with van der Waals surface area (Å²) < 4.78 is 18.4. The van der Waals surface area contributed by atoms with Crippen molar-refractivity contribution < 1.29 is 33.8 Å². The number of nitro benzene ring substituents is 1. The van der Waals surface area contributed by atoms with E-state index in [1.165, 1.54) is 7.11 Å². The van der Waals surface area contributed by atoms with Gasteiger partial charge >= 0.3 is 12.0 Å². The van der Waals surface area contributed by atoms with Gasteiger partial charge in [0, 0.05) is 75.0 Å². The van der Waals surface area contributed by atoms with E-state index in [1.807, 2.05) is 115 Å². The average Bonchev–Trinajstić information content (AvgIpc) is 3.29. The third kappa shape index (κ3) is 10.5. The SMILES string of the molecule is COC(=O)C(Cc1ccccc1)NC(=O)NCc1cccc(-c2ccc(C3OC(CN4CCN(c5ccc([N+](=O)[O-])cc5)CC4)C(C)C(c4ccc(CO)cc4)O3)cc2)c1. The van der Waals surface area contributed by atoms with E-state index in [-0.39, 0.29) is 41.9 Å². The molecule has 5 atom stereocenters. The van der Waals surface area contributed by atoms with Gasteiger partial charge in [0.05, 0.1) is 30.8 Å². The number of urea groups is 1. The lowest BCUT2D eigenvalue weighted by Gasteiger charge is -2.44. The zero-order chi connectivity index (χ0) is 42.0. The standard InChI is InChI=1S/C47H51N5O8/c1-32-43(30-50-23-25-51(26-24-50)40-19-21-41(22-20-40)52(56)57)59-46(60-44(32)37-13-11-34(31-53)12-14-37)38-17-15-36(16-18-38)39-10-6-9-35(27-39)29-48-47(55)49-42(45(54)58-2)28-33-7-4-3-5-8-33/h3-22,27,32,42-44,46,53H,23-26,28-31H2,1-2H3,(H2,48,49,55). The van der Waals surface area contributed by atoms with Gasteiger partial charge in [-0.15, -0.1) is 0 Å². The molecule has 13 nitrogen and oxygen atoms in total. The fourth-order valence-electron chi connectivity index (χ4n) is 7.83. The molecule has 5 aromatic carbocycles. The van der Waals surface area contributed by atoms with Crippen LogP contribution in [0.5, 0.6) is 0 Å². The smallest absolute Gasteiger partial charge is 0.328 e. The Labute approximate surface area is 350 Å². The maximum atomic E-state index is 12.9. The second-order valence-electron chi connectivity index (χ2n) is 15.3. The molecule has 5 aromatic rings. The molecule has 2 amide bonds. The first-order valence-corrected chi connectivity index (χ1v) is 20.2. The zero-order valence-corrected chi connectivity index (χ0v) is 33.8. The number of anilines is 1. The fourth-order valence-corrected chi connectivity index (χ4v) is 7.83. The zero-order valence-electron chi connectivity index (χ0n) is 33.8. The van der Waals surface area contributed by atoms with Gasteiger partial charge in [0.1, 0.15) is 6.04 Å². The number of carbonyl (C=O) groups excluding carboxylic acids is 2. The molecule has 13 heteroatoms. The summed E-state index contributed by atoms with van der Waals surface area (Å²) in [5, 5.41) is 26.4. The molecule has 312 valence electrons. The van der Waals surface area contributed by atoms with E-state index in [0.29, 0.717) is 13.0 Å². The van der Waals surface area contributed by atoms with Crippen molar-refractivity contribution in [3.05, 3.63) is 165 Å². The summed E-state index contributed by atoms with van der Waals surface area (Å²) in [5.74, 6) is -0.487. The highest BCUT2D eigenvalue weighted by atomic mass is 16.7. The number of rotatable bonds is 14. The number of hydrogen-bond acceptors (Lipinski definition) is 10. The molecule has 0 bridgehead atoms. The number of aliphatic hydroxyl groups is 1. The van der Waals surface area contributed by atoms with Crippen LogP contribution in [0.15, 0.2) is 127 Å². The van der Waals surface area contributed by atoms with Crippen LogP contribution in [0.1, 0.15) is 47.1 Å². The van der Waals surface area contributed by atoms with Crippen molar-refractivity contribution in [1.82, 2.24) is 15.5 Å². The molecule has 0 saturated carbocycles. The largest absolute Gasteiger partial charge is 0.467 e. The number of methoxy groups -OCH3 is 1. The molecule has 60 heavy (non-hydrogen) atoms. The van der Waals surface area contributed by atoms with Crippen LogP contribution in [-0.4, -0.2) is 78.9 Å². The second kappa shape index (κ2) is 19.8. The highest BCUT2D eigenvalue weighted by Gasteiger charge is 2.39. The minimum atomic E-state index is -0.827. The van der Waals surface area contributed by atoms with Gasteiger partial charge in [-0.1, -0.05) is 104 Å². The monoisotopic (exact) mass is 813 g/mol. The lowest BCUT2D eigenvalue weighted by molar-refractivity contribution is -0.384. The molecule has 2 fully saturated rings. The van der Waals surface area contributed by atoms with Gasteiger partial charge in [0.2, 0.25) is 0 Å². The molecule has 3 N–H and O–H groups in total. The van der Waals surface area contributed by atoms with Crippen LogP contribution in [-0.2, 0) is 38.6 Å². The Morgan fingerprint density at radius 3 is 2.17 bits per heavy atom. The number of amides is 2. The molecular formula is C47H51N5O8. The summed E-state index contributed by atoms with van der Waals surface area (Å²) >= 11 is 0. The number of non-ortho nitro benzene ring substituents is 1. The van der Waals surface area contributed by atoms with Crippen LogP contribution >= 0.6 is 0 Å². The van der Waals surface area contributed by atoms with Crippen LogP contribution in [0.3, 0.4) is 0 Å². The van der Waals surface area contributed by atoms with E-state index < -0.39 is 24.3 Å². The number of piperazine rings is 1. The van der Waals surface area contributed by atoms with E-state index >= 15 is 0 Å². The number of nitrogens with zero attached hydrogens (tertiary/aromatic N) is 3. The molecule has 2 heterocycles. The first kappa shape index (κ1) is 42.0. The van der Waals surface area contributed by atoms with Crippen molar-refractivity contribution in [3.8, 4) is 11.1 Å². The summed E-state index contributed by atoms with van der Waals surface area (Å²) in [5.41, 5.74) is 7.57.